The van der Waals surface area contributed by atoms with E-state index >= 15 is 0 Å². The van der Waals surface area contributed by atoms with Gasteiger partial charge in [-0.15, -0.1) is 0 Å². The summed E-state index contributed by atoms with van der Waals surface area (Å²) in [6.07, 6.45) is 1.44. The number of piperidine rings is 1. The van der Waals surface area contributed by atoms with E-state index in [9.17, 15) is 10.1 Å². The van der Waals surface area contributed by atoms with Crippen LogP contribution in [0.15, 0.2) is 24.3 Å². The fourth-order valence-electron chi connectivity index (χ4n) is 2.75. The molecule has 1 aliphatic heterocycles. The molecule has 0 bridgehead atoms. The molecule has 1 aromatic carbocycles. The lowest BCUT2D eigenvalue weighted by atomic mass is 9.94. The molecular formula is C16H21N3O2. The van der Waals surface area contributed by atoms with Crippen molar-refractivity contribution >= 4 is 5.91 Å². The Morgan fingerprint density at radius 1 is 1.52 bits per heavy atom. The van der Waals surface area contributed by atoms with Crippen LogP contribution >= 0.6 is 0 Å². The average molecular weight is 287 g/mol. The van der Waals surface area contributed by atoms with Crippen molar-refractivity contribution in [1.29, 1.82) is 5.26 Å². The van der Waals surface area contributed by atoms with Gasteiger partial charge in [-0.1, -0.05) is 12.1 Å². The fraction of sp³-hybridized carbons (Fsp3) is 0.500. The number of carbonyl (C=O) groups excluding carboxylic acids is 1. The summed E-state index contributed by atoms with van der Waals surface area (Å²) in [4.78, 5) is 13.3. The molecule has 0 saturated carbocycles. The second kappa shape index (κ2) is 7.09. The zero-order valence-corrected chi connectivity index (χ0v) is 12.3. The van der Waals surface area contributed by atoms with Gasteiger partial charge in [0.2, 0.25) is 5.91 Å². The maximum atomic E-state index is 11.2. The van der Waals surface area contributed by atoms with Gasteiger partial charge in [-0.25, -0.2) is 0 Å². The molecule has 1 atom stereocenters. The Morgan fingerprint density at radius 3 is 2.81 bits per heavy atom. The molecular weight excluding hydrogens is 266 g/mol. The maximum absolute atomic E-state index is 11.2. The second-order valence-electron chi connectivity index (χ2n) is 5.25. The molecule has 0 radical (unpaired) electrons. The molecule has 5 nitrogen and oxygen atoms in total. The van der Waals surface area contributed by atoms with Crippen molar-refractivity contribution in [2.75, 3.05) is 19.7 Å². The van der Waals surface area contributed by atoms with Gasteiger partial charge < -0.3 is 10.5 Å². The fourth-order valence-corrected chi connectivity index (χ4v) is 2.75. The summed E-state index contributed by atoms with van der Waals surface area (Å²) in [5, 5.41) is 9.50. The number of ether oxygens (including phenoxy) is 1. The highest BCUT2D eigenvalue weighted by Crippen LogP contribution is 2.28. The Morgan fingerprint density at radius 2 is 2.24 bits per heavy atom. The van der Waals surface area contributed by atoms with E-state index in [4.69, 9.17) is 10.5 Å². The van der Waals surface area contributed by atoms with Gasteiger partial charge in [0.15, 0.2) is 0 Å². The van der Waals surface area contributed by atoms with E-state index in [-0.39, 0.29) is 17.9 Å². The third kappa shape index (κ3) is 3.73. The van der Waals surface area contributed by atoms with Crippen molar-refractivity contribution in [1.82, 2.24) is 4.90 Å². The Bertz CT molecular complexity index is 531. The number of rotatable bonds is 5. The highest BCUT2D eigenvalue weighted by Gasteiger charge is 2.28. The molecule has 21 heavy (non-hydrogen) atoms. The minimum Gasteiger partial charge on any atom is -0.494 e. The number of amides is 1. The third-order valence-corrected chi connectivity index (χ3v) is 3.90. The van der Waals surface area contributed by atoms with Gasteiger partial charge >= 0.3 is 0 Å². The third-order valence-electron chi connectivity index (χ3n) is 3.90. The molecule has 1 heterocycles. The molecule has 1 amide bonds. The molecule has 112 valence electrons. The Balaban J connectivity index is 2.08. The molecule has 2 rings (SSSR count). The zero-order valence-electron chi connectivity index (χ0n) is 12.3. The van der Waals surface area contributed by atoms with Crippen LogP contribution in [0.3, 0.4) is 0 Å². The van der Waals surface area contributed by atoms with Crippen LogP contribution < -0.4 is 10.5 Å². The van der Waals surface area contributed by atoms with E-state index in [0.717, 1.165) is 24.2 Å². The summed E-state index contributed by atoms with van der Waals surface area (Å²) in [6, 6.07) is 9.70. The second-order valence-corrected chi connectivity index (χ2v) is 5.25. The Hall–Kier alpha value is -2.06. The minimum atomic E-state index is -0.306. The van der Waals surface area contributed by atoms with Gasteiger partial charge in [0.05, 0.1) is 12.7 Å². The Labute approximate surface area is 125 Å². The number of benzene rings is 1. The van der Waals surface area contributed by atoms with Crippen LogP contribution in [-0.2, 0) is 4.79 Å². The van der Waals surface area contributed by atoms with Crippen LogP contribution in [0.1, 0.15) is 31.4 Å². The zero-order chi connectivity index (χ0) is 15.2. The molecule has 1 aliphatic rings. The van der Waals surface area contributed by atoms with E-state index in [1.54, 1.807) is 0 Å². The maximum Gasteiger partial charge on any atom is 0.220 e. The van der Waals surface area contributed by atoms with Crippen LogP contribution in [0.4, 0.5) is 0 Å². The van der Waals surface area contributed by atoms with Crippen molar-refractivity contribution in [3.63, 3.8) is 0 Å². The van der Waals surface area contributed by atoms with Crippen LogP contribution in [0, 0.1) is 17.2 Å². The molecule has 0 aromatic heterocycles. The average Bonchev–Trinajstić information content (AvgIpc) is 2.49. The summed E-state index contributed by atoms with van der Waals surface area (Å²) in [5.41, 5.74) is 6.28. The number of carbonyl (C=O) groups is 1. The monoisotopic (exact) mass is 287 g/mol. The van der Waals surface area contributed by atoms with Crippen LogP contribution in [0.2, 0.25) is 0 Å². The highest BCUT2D eigenvalue weighted by molar-refractivity contribution is 5.76. The summed E-state index contributed by atoms with van der Waals surface area (Å²) >= 11 is 0. The lowest BCUT2D eigenvalue weighted by molar-refractivity contribution is -0.123. The normalized spacial score (nSPS) is 17.9. The number of likely N-dealkylation sites (tertiary alicyclic amines) is 1. The first-order valence-corrected chi connectivity index (χ1v) is 7.31. The molecule has 1 saturated heterocycles. The molecule has 1 unspecified atom stereocenters. The molecule has 1 aromatic rings. The number of hydrogen-bond donors (Lipinski definition) is 1. The van der Waals surface area contributed by atoms with Crippen molar-refractivity contribution in [2.45, 2.75) is 25.8 Å². The summed E-state index contributed by atoms with van der Waals surface area (Å²) in [6.45, 7) is 3.96. The predicted octanol–water partition coefficient (Wildman–Crippen LogP) is 1.85. The summed E-state index contributed by atoms with van der Waals surface area (Å²) in [5.74, 6) is 0.485. The van der Waals surface area contributed by atoms with Gasteiger partial charge in [-0.3, -0.25) is 9.69 Å². The summed E-state index contributed by atoms with van der Waals surface area (Å²) < 4.78 is 5.49. The lowest BCUT2D eigenvalue weighted by Gasteiger charge is -2.33. The first-order valence-electron chi connectivity index (χ1n) is 7.31. The SMILES string of the molecule is CCOc1cccc(C(C#N)N2CCC(C(N)=O)CC2)c1. The number of nitrogens with zero attached hydrogens (tertiary/aromatic N) is 2. The highest BCUT2D eigenvalue weighted by atomic mass is 16.5. The lowest BCUT2D eigenvalue weighted by Crippen LogP contribution is -2.40. The molecule has 2 N–H and O–H groups in total. The van der Waals surface area contributed by atoms with Crippen molar-refractivity contribution in [3.05, 3.63) is 29.8 Å². The van der Waals surface area contributed by atoms with E-state index in [1.807, 2.05) is 31.2 Å². The van der Waals surface area contributed by atoms with Crippen molar-refractivity contribution < 1.29 is 9.53 Å². The van der Waals surface area contributed by atoms with Gasteiger partial charge in [0, 0.05) is 19.0 Å². The molecule has 0 spiro atoms. The number of primary amides is 1. The van der Waals surface area contributed by atoms with Crippen molar-refractivity contribution in [3.8, 4) is 11.8 Å². The molecule has 5 heteroatoms. The quantitative estimate of drug-likeness (QED) is 0.896. The molecule has 0 aliphatic carbocycles. The number of nitrogens with two attached hydrogens (primary N) is 1. The van der Waals surface area contributed by atoms with Crippen LogP contribution in [0.5, 0.6) is 5.75 Å². The van der Waals surface area contributed by atoms with E-state index in [0.29, 0.717) is 19.7 Å². The minimum absolute atomic E-state index is 0.0599. The standard InChI is InChI=1S/C16H21N3O2/c1-2-21-14-5-3-4-13(10-14)15(11-17)19-8-6-12(7-9-19)16(18)20/h3-5,10,12,15H,2,6-9H2,1H3,(H2,18,20). The molecule has 1 fully saturated rings. The Kier molecular flexibility index (Phi) is 5.18. The smallest absolute Gasteiger partial charge is 0.220 e. The number of hydrogen-bond acceptors (Lipinski definition) is 4. The van der Waals surface area contributed by atoms with Gasteiger partial charge in [-0.2, -0.15) is 5.26 Å². The van der Waals surface area contributed by atoms with E-state index in [2.05, 4.69) is 11.0 Å². The first-order chi connectivity index (χ1) is 10.2. The van der Waals surface area contributed by atoms with Gasteiger partial charge in [-0.05, 0) is 37.5 Å². The van der Waals surface area contributed by atoms with E-state index < -0.39 is 0 Å². The van der Waals surface area contributed by atoms with E-state index in [1.165, 1.54) is 0 Å². The van der Waals surface area contributed by atoms with Crippen molar-refractivity contribution in [2.24, 2.45) is 11.7 Å². The van der Waals surface area contributed by atoms with Crippen LogP contribution in [0.25, 0.3) is 0 Å². The predicted molar refractivity (Wildman–Crippen MR) is 79.5 cm³/mol. The summed E-state index contributed by atoms with van der Waals surface area (Å²) in [7, 11) is 0. The topological polar surface area (TPSA) is 79.3 Å². The van der Waals surface area contributed by atoms with Gasteiger partial charge in [0.1, 0.15) is 11.8 Å². The largest absolute Gasteiger partial charge is 0.494 e. The van der Waals surface area contributed by atoms with Gasteiger partial charge in [0.25, 0.3) is 0 Å². The van der Waals surface area contributed by atoms with Crippen LogP contribution in [-0.4, -0.2) is 30.5 Å². The number of nitriles is 1. The first kappa shape index (κ1) is 15.3.